The molecular weight excluding hydrogens is 278 g/mol. The largest absolute Gasteiger partial charge is 0.339 e. The molecule has 0 aromatic heterocycles. The fourth-order valence-electron chi connectivity index (χ4n) is 2.97. The number of carbonyl (C=O) groups is 2. The predicted octanol–water partition coefficient (Wildman–Crippen LogP) is 1.72. The van der Waals surface area contributed by atoms with Crippen molar-refractivity contribution in [3.05, 3.63) is 29.8 Å². The zero-order valence-corrected chi connectivity index (χ0v) is 13.0. The van der Waals surface area contributed by atoms with Gasteiger partial charge in [0.15, 0.2) is 0 Å². The van der Waals surface area contributed by atoms with Gasteiger partial charge in [-0.2, -0.15) is 0 Å². The van der Waals surface area contributed by atoms with Crippen molar-refractivity contribution in [3.63, 3.8) is 0 Å². The van der Waals surface area contributed by atoms with Crippen LogP contribution >= 0.6 is 0 Å². The lowest BCUT2D eigenvalue weighted by atomic mass is 9.88. The third-order valence-corrected chi connectivity index (χ3v) is 4.70. The number of anilines is 1. The second-order valence-corrected chi connectivity index (χ2v) is 6.28. The molecule has 1 aromatic rings. The van der Waals surface area contributed by atoms with Crippen molar-refractivity contribution < 1.29 is 9.59 Å². The standard InChI is InChI=1S/C17H23N3O2/c1-12(14-10-18-11-14)16(21)19-15-6-4-5-13(9-15)17(22)20-7-2-3-8-20/h4-6,9,12,14,18H,2-3,7-8,10-11H2,1H3,(H,19,21). The topological polar surface area (TPSA) is 61.4 Å². The summed E-state index contributed by atoms with van der Waals surface area (Å²) in [5, 5.41) is 6.13. The molecule has 1 unspecified atom stereocenters. The number of benzene rings is 1. The second kappa shape index (κ2) is 6.48. The van der Waals surface area contributed by atoms with Crippen LogP contribution in [-0.4, -0.2) is 42.9 Å². The van der Waals surface area contributed by atoms with Gasteiger partial charge in [0, 0.05) is 30.3 Å². The first-order valence-electron chi connectivity index (χ1n) is 8.06. The van der Waals surface area contributed by atoms with Crippen LogP contribution in [0, 0.1) is 11.8 Å². The van der Waals surface area contributed by atoms with Crippen LogP contribution < -0.4 is 10.6 Å². The Balaban J connectivity index is 1.65. The third kappa shape index (κ3) is 3.14. The van der Waals surface area contributed by atoms with Crippen LogP contribution in [0.4, 0.5) is 5.69 Å². The monoisotopic (exact) mass is 301 g/mol. The molecule has 0 spiro atoms. The molecule has 2 aliphatic heterocycles. The summed E-state index contributed by atoms with van der Waals surface area (Å²) < 4.78 is 0. The highest BCUT2D eigenvalue weighted by atomic mass is 16.2. The summed E-state index contributed by atoms with van der Waals surface area (Å²) in [6.07, 6.45) is 2.16. The minimum Gasteiger partial charge on any atom is -0.339 e. The molecule has 22 heavy (non-hydrogen) atoms. The van der Waals surface area contributed by atoms with Gasteiger partial charge in [0.1, 0.15) is 0 Å². The van der Waals surface area contributed by atoms with E-state index in [1.165, 1.54) is 0 Å². The molecule has 2 N–H and O–H groups in total. The summed E-state index contributed by atoms with van der Waals surface area (Å²) >= 11 is 0. The first kappa shape index (κ1) is 15.0. The number of hydrogen-bond donors (Lipinski definition) is 2. The lowest BCUT2D eigenvalue weighted by molar-refractivity contribution is -0.121. The Bertz CT molecular complexity index is 563. The molecule has 3 rings (SSSR count). The average Bonchev–Trinajstić information content (AvgIpc) is 2.99. The molecule has 0 saturated carbocycles. The van der Waals surface area contributed by atoms with Crippen molar-refractivity contribution >= 4 is 17.5 Å². The van der Waals surface area contributed by atoms with E-state index in [9.17, 15) is 9.59 Å². The van der Waals surface area contributed by atoms with E-state index in [1.54, 1.807) is 6.07 Å². The Morgan fingerprint density at radius 2 is 2.00 bits per heavy atom. The van der Waals surface area contributed by atoms with E-state index in [0.717, 1.165) is 39.0 Å². The van der Waals surface area contributed by atoms with Gasteiger partial charge in [-0.05, 0) is 50.0 Å². The molecule has 0 bridgehead atoms. The Morgan fingerprint density at radius 3 is 2.64 bits per heavy atom. The normalized spacial score (nSPS) is 19.6. The number of likely N-dealkylation sites (tertiary alicyclic amines) is 1. The Labute approximate surface area is 131 Å². The zero-order chi connectivity index (χ0) is 15.5. The maximum atomic E-state index is 12.4. The van der Waals surface area contributed by atoms with E-state index in [0.29, 0.717) is 17.2 Å². The fourth-order valence-corrected chi connectivity index (χ4v) is 2.97. The van der Waals surface area contributed by atoms with E-state index >= 15 is 0 Å². The zero-order valence-electron chi connectivity index (χ0n) is 13.0. The SMILES string of the molecule is CC(C(=O)Nc1cccc(C(=O)N2CCCC2)c1)C1CNC1. The van der Waals surface area contributed by atoms with Gasteiger partial charge in [0.25, 0.3) is 5.91 Å². The van der Waals surface area contributed by atoms with E-state index < -0.39 is 0 Å². The molecule has 2 fully saturated rings. The summed E-state index contributed by atoms with van der Waals surface area (Å²) in [7, 11) is 0. The lowest BCUT2D eigenvalue weighted by Gasteiger charge is -2.31. The van der Waals surface area contributed by atoms with Crippen molar-refractivity contribution in [2.24, 2.45) is 11.8 Å². The van der Waals surface area contributed by atoms with Gasteiger partial charge in [-0.1, -0.05) is 13.0 Å². The van der Waals surface area contributed by atoms with Gasteiger partial charge >= 0.3 is 0 Å². The van der Waals surface area contributed by atoms with Crippen LogP contribution in [0.5, 0.6) is 0 Å². The van der Waals surface area contributed by atoms with Crippen molar-refractivity contribution in [1.82, 2.24) is 10.2 Å². The van der Waals surface area contributed by atoms with Gasteiger partial charge < -0.3 is 15.5 Å². The van der Waals surface area contributed by atoms with Crippen LogP contribution in [-0.2, 0) is 4.79 Å². The minimum atomic E-state index is -0.0146. The first-order valence-corrected chi connectivity index (χ1v) is 8.06. The van der Waals surface area contributed by atoms with Gasteiger partial charge in [-0.3, -0.25) is 9.59 Å². The van der Waals surface area contributed by atoms with Gasteiger partial charge in [0.2, 0.25) is 5.91 Å². The van der Waals surface area contributed by atoms with Crippen LogP contribution in [0.1, 0.15) is 30.1 Å². The molecule has 2 aliphatic rings. The van der Waals surface area contributed by atoms with E-state index in [-0.39, 0.29) is 17.7 Å². The third-order valence-electron chi connectivity index (χ3n) is 4.70. The minimum absolute atomic E-state index is 0.0146. The number of amides is 2. The molecule has 5 heteroatoms. The molecule has 1 aromatic carbocycles. The number of nitrogens with one attached hydrogen (secondary N) is 2. The highest BCUT2D eigenvalue weighted by Gasteiger charge is 2.28. The van der Waals surface area contributed by atoms with Gasteiger partial charge in [-0.15, -0.1) is 0 Å². The fraction of sp³-hybridized carbons (Fsp3) is 0.529. The molecule has 1 atom stereocenters. The number of rotatable bonds is 4. The average molecular weight is 301 g/mol. The number of nitrogens with zero attached hydrogens (tertiary/aromatic N) is 1. The van der Waals surface area contributed by atoms with Crippen LogP contribution in [0.15, 0.2) is 24.3 Å². The Hall–Kier alpha value is -1.88. The van der Waals surface area contributed by atoms with Crippen molar-refractivity contribution in [2.45, 2.75) is 19.8 Å². The van der Waals surface area contributed by atoms with Crippen LogP contribution in [0.25, 0.3) is 0 Å². The van der Waals surface area contributed by atoms with E-state index in [2.05, 4.69) is 10.6 Å². The van der Waals surface area contributed by atoms with Crippen LogP contribution in [0.3, 0.4) is 0 Å². The van der Waals surface area contributed by atoms with Crippen molar-refractivity contribution in [2.75, 3.05) is 31.5 Å². The smallest absolute Gasteiger partial charge is 0.253 e. The molecule has 118 valence electrons. The van der Waals surface area contributed by atoms with Crippen molar-refractivity contribution in [3.8, 4) is 0 Å². The quantitative estimate of drug-likeness (QED) is 0.890. The van der Waals surface area contributed by atoms with Crippen LogP contribution in [0.2, 0.25) is 0 Å². The number of carbonyl (C=O) groups excluding carboxylic acids is 2. The molecule has 2 heterocycles. The second-order valence-electron chi connectivity index (χ2n) is 6.28. The maximum absolute atomic E-state index is 12.4. The molecule has 2 amide bonds. The predicted molar refractivity (Wildman–Crippen MR) is 85.7 cm³/mol. The van der Waals surface area contributed by atoms with E-state index in [4.69, 9.17) is 0 Å². The molecule has 0 aliphatic carbocycles. The maximum Gasteiger partial charge on any atom is 0.253 e. The van der Waals surface area contributed by atoms with Crippen molar-refractivity contribution in [1.29, 1.82) is 0 Å². The lowest BCUT2D eigenvalue weighted by Crippen LogP contribution is -2.48. The molecule has 5 nitrogen and oxygen atoms in total. The van der Waals surface area contributed by atoms with Gasteiger partial charge in [0.05, 0.1) is 0 Å². The Morgan fingerprint density at radius 1 is 1.27 bits per heavy atom. The highest BCUT2D eigenvalue weighted by Crippen LogP contribution is 2.20. The first-order chi connectivity index (χ1) is 10.6. The molecule has 2 saturated heterocycles. The summed E-state index contributed by atoms with van der Waals surface area (Å²) in [6, 6.07) is 7.26. The van der Waals surface area contributed by atoms with Gasteiger partial charge in [-0.25, -0.2) is 0 Å². The summed E-state index contributed by atoms with van der Waals surface area (Å²) in [5.74, 6) is 0.482. The summed E-state index contributed by atoms with van der Waals surface area (Å²) in [4.78, 5) is 26.5. The Kier molecular flexibility index (Phi) is 4.43. The van der Waals surface area contributed by atoms with E-state index in [1.807, 2.05) is 30.0 Å². The summed E-state index contributed by atoms with van der Waals surface area (Å²) in [5.41, 5.74) is 1.35. The highest BCUT2D eigenvalue weighted by molar-refractivity contribution is 5.97. The molecule has 0 radical (unpaired) electrons. The summed E-state index contributed by atoms with van der Waals surface area (Å²) in [6.45, 7) is 5.44. The molecular formula is C17H23N3O2. The number of hydrogen-bond acceptors (Lipinski definition) is 3.